The summed E-state index contributed by atoms with van der Waals surface area (Å²) < 4.78 is 36.9. The van der Waals surface area contributed by atoms with Gasteiger partial charge >= 0.3 is 6.30 Å². The van der Waals surface area contributed by atoms with E-state index in [1.165, 1.54) is 11.4 Å². The van der Waals surface area contributed by atoms with Crippen molar-refractivity contribution in [3.8, 4) is 5.75 Å². The van der Waals surface area contributed by atoms with E-state index in [1.807, 2.05) is 0 Å². The predicted molar refractivity (Wildman–Crippen MR) is 64.1 cm³/mol. The second-order valence-electron chi connectivity index (χ2n) is 5.12. The Morgan fingerprint density at radius 3 is 2.58 bits per heavy atom. The molecule has 0 radical (unpaired) electrons. The molecule has 1 aliphatic rings. The third-order valence-electron chi connectivity index (χ3n) is 3.01. The molecule has 0 bridgehead atoms. The highest BCUT2D eigenvalue weighted by atomic mass is 19.4. The first-order valence-electron chi connectivity index (χ1n) is 5.61. The molecule has 0 saturated carbocycles. The molecule has 0 unspecified atom stereocenters. The first-order chi connectivity index (χ1) is 8.60. The lowest BCUT2D eigenvalue weighted by Gasteiger charge is -2.33. The van der Waals surface area contributed by atoms with Gasteiger partial charge in [0.2, 0.25) is 5.91 Å². The molecular weight excluding hydrogens is 261 g/mol. The number of fused-ring (bicyclic) bond motifs is 1. The number of phenols is 1. The van der Waals surface area contributed by atoms with Gasteiger partial charge in [0.25, 0.3) is 0 Å². The molecule has 4 nitrogen and oxygen atoms in total. The fourth-order valence-corrected chi connectivity index (χ4v) is 2.32. The first kappa shape index (κ1) is 13.5. The Morgan fingerprint density at radius 1 is 1.37 bits per heavy atom. The van der Waals surface area contributed by atoms with Gasteiger partial charge in [-0.05, 0) is 12.1 Å². The number of amides is 1. The number of nitrogens with one attached hydrogen (secondary N) is 2. The highest BCUT2D eigenvalue weighted by Gasteiger charge is 2.37. The Hall–Kier alpha value is -1.92. The summed E-state index contributed by atoms with van der Waals surface area (Å²) in [6.07, 6.45) is -4.53. The highest BCUT2D eigenvalue weighted by Crippen LogP contribution is 2.46. The van der Waals surface area contributed by atoms with Crippen LogP contribution in [0.1, 0.15) is 25.8 Å². The SMILES string of the molecule is CC1(C)CC(=O)Nc2ccc(NC(F)(F)F)c(O)c21. The summed E-state index contributed by atoms with van der Waals surface area (Å²) in [5.74, 6) is -0.715. The zero-order chi connectivity index (χ0) is 14.4. The second kappa shape index (κ2) is 4.04. The minimum atomic E-state index is -4.63. The third kappa shape index (κ3) is 2.59. The molecule has 1 aromatic carbocycles. The largest absolute Gasteiger partial charge is 0.505 e. The predicted octanol–water partition coefficient (Wildman–Crippen LogP) is 2.94. The average Bonchev–Trinajstić information content (AvgIpc) is 2.18. The molecule has 0 spiro atoms. The highest BCUT2D eigenvalue weighted by molar-refractivity contribution is 5.97. The number of hydrogen-bond acceptors (Lipinski definition) is 3. The Bertz CT molecular complexity index is 539. The van der Waals surface area contributed by atoms with Crippen molar-refractivity contribution in [1.29, 1.82) is 0 Å². The number of benzene rings is 1. The van der Waals surface area contributed by atoms with Crippen LogP contribution in [0.15, 0.2) is 12.1 Å². The molecule has 0 fully saturated rings. The number of hydrogen-bond donors (Lipinski definition) is 3. The van der Waals surface area contributed by atoms with Gasteiger partial charge < -0.3 is 10.4 Å². The van der Waals surface area contributed by atoms with Crippen LogP contribution in [0, 0.1) is 0 Å². The number of carbonyl (C=O) groups excluding carboxylic acids is 1. The van der Waals surface area contributed by atoms with Crippen LogP contribution in [-0.4, -0.2) is 17.3 Å². The van der Waals surface area contributed by atoms with Crippen molar-refractivity contribution in [3.05, 3.63) is 17.7 Å². The third-order valence-corrected chi connectivity index (χ3v) is 3.01. The molecule has 104 valence electrons. The van der Waals surface area contributed by atoms with Crippen LogP contribution < -0.4 is 10.6 Å². The second-order valence-corrected chi connectivity index (χ2v) is 5.12. The van der Waals surface area contributed by atoms with Gasteiger partial charge in [0.15, 0.2) is 0 Å². The molecule has 1 heterocycles. The van der Waals surface area contributed by atoms with Gasteiger partial charge in [-0.3, -0.25) is 10.1 Å². The molecule has 1 amide bonds. The van der Waals surface area contributed by atoms with Gasteiger partial charge in [0.05, 0.1) is 5.69 Å². The number of carbonyl (C=O) groups is 1. The van der Waals surface area contributed by atoms with Gasteiger partial charge in [-0.2, -0.15) is 13.2 Å². The van der Waals surface area contributed by atoms with E-state index in [9.17, 15) is 23.1 Å². The van der Waals surface area contributed by atoms with Gasteiger partial charge in [0, 0.05) is 23.1 Å². The summed E-state index contributed by atoms with van der Waals surface area (Å²) in [5.41, 5.74) is -0.506. The standard InChI is InChI=1S/C12H13F3N2O2/c1-11(2)5-8(18)16-6-3-4-7(10(19)9(6)11)17-12(13,14)15/h3-4,17,19H,5H2,1-2H3,(H,16,18). The zero-order valence-corrected chi connectivity index (χ0v) is 10.4. The van der Waals surface area contributed by atoms with Gasteiger partial charge in [-0.1, -0.05) is 13.8 Å². The Kier molecular flexibility index (Phi) is 2.87. The van der Waals surface area contributed by atoms with E-state index >= 15 is 0 Å². The van der Waals surface area contributed by atoms with E-state index in [0.717, 1.165) is 6.07 Å². The van der Waals surface area contributed by atoms with Crippen LogP contribution in [0.5, 0.6) is 5.75 Å². The molecule has 0 aliphatic carbocycles. The molecule has 0 saturated heterocycles. The van der Waals surface area contributed by atoms with E-state index in [4.69, 9.17) is 0 Å². The van der Waals surface area contributed by atoms with Crippen molar-refractivity contribution in [2.75, 3.05) is 10.6 Å². The van der Waals surface area contributed by atoms with E-state index in [-0.39, 0.29) is 12.3 Å². The molecule has 2 rings (SSSR count). The summed E-state index contributed by atoms with van der Waals surface area (Å²) >= 11 is 0. The Morgan fingerprint density at radius 2 is 2.00 bits per heavy atom. The van der Waals surface area contributed by atoms with Crippen LogP contribution in [0.3, 0.4) is 0 Å². The maximum atomic E-state index is 12.3. The summed E-state index contributed by atoms with van der Waals surface area (Å²) in [5, 5.41) is 13.8. The lowest BCUT2D eigenvalue weighted by Crippen LogP contribution is -2.33. The molecule has 0 aromatic heterocycles. The molecule has 7 heteroatoms. The average molecular weight is 274 g/mol. The van der Waals surface area contributed by atoms with Crippen LogP contribution >= 0.6 is 0 Å². The minimum absolute atomic E-state index is 0.100. The van der Waals surface area contributed by atoms with Crippen molar-refractivity contribution < 1.29 is 23.1 Å². The van der Waals surface area contributed by atoms with Crippen molar-refractivity contribution in [2.45, 2.75) is 32.0 Å². The number of phenolic OH excluding ortho intramolecular Hbond substituents is 1. The topological polar surface area (TPSA) is 61.4 Å². The molecule has 1 aliphatic heterocycles. The first-order valence-corrected chi connectivity index (χ1v) is 5.61. The maximum absolute atomic E-state index is 12.3. The van der Waals surface area contributed by atoms with E-state index in [1.54, 1.807) is 13.8 Å². The van der Waals surface area contributed by atoms with E-state index in [0.29, 0.717) is 11.3 Å². The molecule has 1 aromatic rings. The molecule has 3 N–H and O–H groups in total. The van der Waals surface area contributed by atoms with Crippen LogP contribution in [-0.2, 0) is 10.2 Å². The maximum Gasteiger partial charge on any atom is 0.482 e. The number of anilines is 2. The normalized spacial score (nSPS) is 17.6. The minimum Gasteiger partial charge on any atom is -0.505 e. The quantitative estimate of drug-likeness (QED) is 0.545. The van der Waals surface area contributed by atoms with Crippen molar-refractivity contribution in [1.82, 2.24) is 0 Å². The molecular formula is C12H13F3N2O2. The van der Waals surface area contributed by atoms with Gasteiger partial charge in [-0.15, -0.1) is 0 Å². The number of aromatic hydroxyl groups is 1. The number of halogens is 3. The lowest BCUT2D eigenvalue weighted by atomic mass is 9.77. The van der Waals surface area contributed by atoms with Crippen LogP contribution in [0.4, 0.5) is 24.5 Å². The zero-order valence-electron chi connectivity index (χ0n) is 10.4. The van der Waals surface area contributed by atoms with Crippen molar-refractivity contribution in [2.24, 2.45) is 0 Å². The van der Waals surface area contributed by atoms with E-state index < -0.39 is 23.2 Å². The van der Waals surface area contributed by atoms with Crippen LogP contribution in [0.25, 0.3) is 0 Å². The summed E-state index contributed by atoms with van der Waals surface area (Å²) in [7, 11) is 0. The van der Waals surface area contributed by atoms with Gasteiger partial charge in [-0.25, -0.2) is 0 Å². The Balaban J connectivity index is 2.53. The summed E-state index contributed by atoms with van der Waals surface area (Å²) in [4.78, 5) is 11.5. The van der Waals surface area contributed by atoms with E-state index in [2.05, 4.69) is 5.32 Å². The van der Waals surface area contributed by atoms with Gasteiger partial charge in [0.1, 0.15) is 5.75 Å². The molecule has 19 heavy (non-hydrogen) atoms. The summed E-state index contributed by atoms with van der Waals surface area (Å²) in [6.45, 7) is 3.39. The monoisotopic (exact) mass is 274 g/mol. The number of rotatable bonds is 1. The van der Waals surface area contributed by atoms with Crippen molar-refractivity contribution >= 4 is 17.3 Å². The fraction of sp³-hybridized carbons (Fsp3) is 0.417. The van der Waals surface area contributed by atoms with Crippen LogP contribution in [0.2, 0.25) is 0 Å². The Labute approximate surface area is 107 Å². The lowest BCUT2D eigenvalue weighted by molar-refractivity contribution is -0.117. The number of alkyl halides is 3. The molecule has 0 atom stereocenters. The summed E-state index contributed by atoms with van der Waals surface area (Å²) in [6, 6.07) is 2.44. The fourth-order valence-electron chi connectivity index (χ4n) is 2.32. The van der Waals surface area contributed by atoms with Crippen molar-refractivity contribution in [3.63, 3.8) is 0 Å². The smallest absolute Gasteiger partial charge is 0.482 e.